The van der Waals surface area contributed by atoms with E-state index < -0.39 is 5.60 Å². The SMILES string of the molecule is C=C1COC(C)CCC(C(C)C(=O)OC(C)(C)C)C1. The number of carbonyl (C=O) groups excluding carboxylic acids is 1. The molecule has 0 bridgehead atoms. The molecule has 1 saturated heterocycles. The Kier molecular flexibility index (Phi) is 5.60. The highest BCUT2D eigenvalue weighted by Crippen LogP contribution is 2.30. The molecule has 1 fully saturated rings. The van der Waals surface area contributed by atoms with Crippen LogP contribution in [0.2, 0.25) is 0 Å². The number of carbonyl (C=O) groups is 1. The molecule has 0 aromatic heterocycles. The van der Waals surface area contributed by atoms with Gasteiger partial charge in [0.05, 0.1) is 18.6 Å². The molecule has 19 heavy (non-hydrogen) atoms. The molecule has 0 amide bonds. The largest absolute Gasteiger partial charge is 0.460 e. The third kappa shape index (κ3) is 5.77. The molecule has 0 spiro atoms. The lowest BCUT2D eigenvalue weighted by Crippen LogP contribution is -2.32. The molecule has 0 aliphatic carbocycles. The van der Waals surface area contributed by atoms with Crippen molar-refractivity contribution < 1.29 is 14.3 Å². The van der Waals surface area contributed by atoms with Gasteiger partial charge in [0.2, 0.25) is 0 Å². The zero-order valence-electron chi connectivity index (χ0n) is 13.0. The lowest BCUT2D eigenvalue weighted by Gasteiger charge is -2.30. The maximum absolute atomic E-state index is 12.2. The van der Waals surface area contributed by atoms with Crippen LogP contribution in [0.4, 0.5) is 0 Å². The van der Waals surface area contributed by atoms with Crippen molar-refractivity contribution in [2.75, 3.05) is 6.61 Å². The fourth-order valence-electron chi connectivity index (χ4n) is 2.34. The summed E-state index contributed by atoms with van der Waals surface area (Å²) in [7, 11) is 0. The van der Waals surface area contributed by atoms with Gasteiger partial charge in [0.15, 0.2) is 0 Å². The third-order valence-corrected chi connectivity index (χ3v) is 3.55. The fraction of sp³-hybridized carbons (Fsp3) is 0.812. The molecular formula is C16H28O3. The summed E-state index contributed by atoms with van der Waals surface area (Å²) in [6.45, 7) is 14.4. The fourth-order valence-corrected chi connectivity index (χ4v) is 2.34. The summed E-state index contributed by atoms with van der Waals surface area (Å²) >= 11 is 0. The van der Waals surface area contributed by atoms with Crippen molar-refractivity contribution >= 4 is 5.97 Å². The second-order valence-electron chi connectivity index (χ2n) is 6.74. The van der Waals surface area contributed by atoms with E-state index >= 15 is 0 Å². The molecule has 1 heterocycles. The van der Waals surface area contributed by atoms with Gasteiger partial charge in [-0.05, 0) is 52.9 Å². The highest BCUT2D eigenvalue weighted by Gasteiger charge is 2.30. The molecule has 1 rings (SSSR count). The summed E-state index contributed by atoms with van der Waals surface area (Å²) in [5.41, 5.74) is 0.660. The molecule has 3 unspecified atom stereocenters. The third-order valence-electron chi connectivity index (χ3n) is 3.55. The average Bonchev–Trinajstić information content (AvgIpc) is 2.26. The smallest absolute Gasteiger partial charge is 0.309 e. The number of rotatable bonds is 2. The van der Waals surface area contributed by atoms with Gasteiger partial charge in [-0.25, -0.2) is 0 Å². The van der Waals surface area contributed by atoms with Crippen molar-refractivity contribution in [3.63, 3.8) is 0 Å². The lowest BCUT2D eigenvalue weighted by molar-refractivity contribution is -0.161. The molecule has 0 N–H and O–H groups in total. The maximum Gasteiger partial charge on any atom is 0.309 e. The second kappa shape index (κ2) is 6.56. The molecule has 110 valence electrons. The average molecular weight is 268 g/mol. The minimum atomic E-state index is -0.416. The van der Waals surface area contributed by atoms with Crippen molar-refractivity contribution in [3.8, 4) is 0 Å². The van der Waals surface area contributed by atoms with E-state index in [0.717, 1.165) is 24.8 Å². The van der Waals surface area contributed by atoms with Gasteiger partial charge in [0.25, 0.3) is 0 Å². The van der Waals surface area contributed by atoms with Crippen LogP contribution in [-0.4, -0.2) is 24.3 Å². The maximum atomic E-state index is 12.2. The van der Waals surface area contributed by atoms with Gasteiger partial charge < -0.3 is 9.47 Å². The summed E-state index contributed by atoms with van der Waals surface area (Å²) in [6, 6.07) is 0. The van der Waals surface area contributed by atoms with E-state index in [1.54, 1.807) is 0 Å². The highest BCUT2D eigenvalue weighted by atomic mass is 16.6. The molecule has 1 aliphatic rings. The predicted molar refractivity (Wildman–Crippen MR) is 76.9 cm³/mol. The van der Waals surface area contributed by atoms with Crippen molar-refractivity contribution in [2.24, 2.45) is 11.8 Å². The van der Waals surface area contributed by atoms with Crippen LogP contribution in [0.15, 0.2) is 12.2 Å². The van der Waals surface area contributed by atoms with Gasteiger partial charge in [-0.15, -0.1) is 0 Å². The molecule has 3 atom stereocenters. The van der Waals surface area contributed by atoms with Gasteiger partial charge in [0, 0.05) is 0 Å². The molecular weight excluding hydrogens is 240 g/mol. The number of ether oxygens (including phenoxy) is 2. The summed E-state index contributed by atoms with van der Waals surface area (Å²) in [4.78, 5) is 12.2. The Hall–Kier alpha value is -0.830. The van der Waals surface area contributed by atoms with E-state index in [-0.39, 0.29) is 18.0 Å². The number of hydrogen-bond acceptors (Lipinski definition) is 3. The molecule has 1 aliphatic heterocycles. The molecule has 0 aromatic carbocycles. The van der Waals surface area contributed by atoms with Gasteiger partial charge in [-0.2, -0.15) is 0 Å². The van der Waals surface area contributed by atoms with Crippen LogP contribution in [0.5, 0.6) is 0 Å². The van der Waals surface area contributed by atoms with Gasteiger partial charge >= 0.3 is 5.97 Å². The van der Waals surface area contributed by atoms with Crippen LogP contribution >= 0.6 is 0 Å². The summed E-state index contributed by atoms with van der Waals surface area (Å²) in [6.07, 6.45) is 3.07. The van der Waals surface area contributed by atoms with E-state index in [1.807, 2.05) is 27.7 Å². The van der Waals surface area contributed by atoms with Crippen LogP contribution in [-0.2, 0) is 14.3 Å². The van der Waals surface area contributed by atoms with Crippen LogP contribution in [0, 0.1) is 11.8 Å². The van der Waals surface area contributed by atoms with Crippen molar-refractivity contribution in [1.29, 1.82) is 0 Å². The molecule has 3 heteroatoms. The van der Waals surface area contributed by atoms with E-state index in [1.165, 1.54) is 0 Å². The van der Waals surface area contributed by atoms with Crippen LogP contribution in [0.25, 0.3) is 0 Å². The Bertz CT molecular complexity index is 327. The molecule has 0 saturated carbocycles. The van der Waals surface area contributed by atoms with Crippen molar-refractivity contribution in [1.82, 2.24) is 0 Å². The Morgan fingerprint density at radius 3 is 2.63 bits per heavy atom. The van der Waals surface area contributed by atoms with Crippen molar-refractivity contribution in [3.05, 3.63) is 12.2 Å². The minimum Gasteiger partial charge on any atom is -0.460 e. The zero-order valence-corrected chi connectivity index (χ0v) is 13.0. The summed E-state index contributed by atoms with van der Waals surface area (Å²) < 4.78 is 11.1. The first-order chi connectivity index (χ1) is 8.69. The summed E-state index contributed by atoms with van der Waals surface area (Å²) in [5, 5.41) is 0. The topological polar surface area (TPSA) is 35.5 Å². The van der Waals surface area contributed by atoms with E-state index in [2.05, 4.69) is 13.5 Å². The van der Waals surface area contributed by atoms with Crippen LogP contribution in [0.1, 0.15) is 53.9 Å². The lowest BCUT2D eigenvalue weighted by atomic mass is 9.83. The number of esters is 1. The van der Waals surface area contributed by atoms with Gasteiger partial charge in [-0.1, -0.05) is 19.1 Å². The van der Waals surface area contributed by atoms with E-state index in [4.69, 9.17) is 9.47 Å². The molecule has 0 radical (unpaired) electrons. The van der Waals surface area contributed by atoms with Crippen LogP contribution in [0.3, 0.4) is 0 Å². The van der Waals surface area contributed by atoms with Crippen LogP contribution < -0.4 is 0 Å². The Morgan fingerprint density at radius 2 is 2.05 bits per heavy atom. The highest BCUT2D eigenvalue weighted by molar-refractivity contribution is 5.72. The second-order valence-corrected chi connectivity index (χ2v) is 6.74. The monoisotopic (exact) mass is 268 g/mol. The van der Waals surface area contributed by atoms with Gasteiger partial charge in [-0.3, -0.25) is 4.79 Å². The van der Waals surface area contributed by atoms with E-state index in [9.17, 15) is 4.79 Å². The first-order valence-electron chi connectivity index (χ1n) is 7.20. The molecule has 0 aromatic rings. The Morgan fingerprint density at radius 1 is 1.42 bits per heavy atom. The quantitative estimate of drug-likeness (QED) is 0.565. The predicted octanol–water partition coefficient (Wildman–Crippen LogP) is 3.73. The van der Waals surface area contributed by atoms with Crippen molar-refractivity contribution in [2.45, 2.75) is 65.6 Å². The summed E-state index contributed by atoms with van der Waals surface area (Å²) in [5.74, 6) is 0.134. The van der Waals surface area contributed by atoms with Gasteiger partial charge in [0.1, 0.15) is 5.60 Å². The van der Waals surface area contributed by atoms with E-state index in [0.29, 0.717) is 12.5 Å². The molecule has 3 nitrogen and oxygen atoms in total. The Labute approximate surface area is 117 Å². The first-order valence-corrected chi connectivity index (χ1v) is 7.20. The first kappa shape index (κ1) is 16.2. The minimum absolute atomic E-state index is 0.0822. The zero-order chi connectivity index (χ0) is 14.6. The normalized spacial score (nSPS) is 27.3. The Balaban J connectivity index is 2.64. The number of hydrogen-bond donors (Lipinski definition) is 0. The standard InChI is InChI=1S/C16H28O3/c1-11-9-14(8-7-12(2)18-10-11)13(3)15(17)19-16(4,5)6/h12-14H,1,7-10H2,2-6H3.